The van der Waals surface area contributed by atoms with E-state index in [1.165, 1.54) is 0 Å². The van der Waals surface area contributed by atoms with Gasteiger partial charge in [0.1, 0.15) is 23.2 Å². The van der Waals surface area contributed by atoms with Crippen LogP contribution in [0.25, 0.3) is 0 Å². The molecule has 0 aliphatic carbocycles. The summed E-state index contributed by atoms with van der Waals surface area (Å²) in [5.74, 6) is 1.29. The Balaban J connectivity index is 2.40. The Labute approximate surface area is 82.6 Å². The number of ether oxygens (including phenoxy) is 2. The van der Waals surface area contributed by atoms with Crippen LogP contribution in [-0.2, 0) is 10.0 Å². The molecular formula is C8H7ClO3S. The maximum absolute atomic E-state index is 10.9. The maximum atomic E-state index is 10.9. The molecule has 70 valence electrons. The summed E-state index contributed by atoms with van der Waals surface area (Å²) in [4.78, 5) is 0.533. The Hall–Kier alpha value is -0.740. The van der Waals surface area contributed by atoms with Crippen molar-refractivity contribution >= 4 is 20.7 Å². The first-order valence-corrected chi connectivity index (χ1v) is 5.72. The van der Waals surface area contributed by atoms with Crippen LogP contribution in [0.5, 0.6) is 11.5 Å². The van der Waals surface area contributed by atoms with Gasteiger partial charge in [0.2, 0.25) is 0 Å². The summed E-state index contributed by atoms with van der Waals surface area (Å²) in [5.41, 5.74) is 0. The van der Waals surface area contributed by atoms with Gasteiger partial charge in [0, 0.05) is 6.07 Å². The third kappa shape index (κ3) is 1.78. The fourth-order valence-corrected chi connectivity index (χ4v) is 1.79. The molecule has 0 bridgehead atoms. The van der Waals surface area contributed by atoms with E-state index in [4.69, 9.17) is 20.2 Å². The molecule has 3 nitrogen and oxygen atoms in total. The zero-order valence-corrected chi connectivity index (χ0v) is 8.23. The van der Waals surface area contributed by atoms with E-state index in [1.54, 1.807) is 18.2 Å². The van der Waals surface area contributed by atoms with E-state index in [0.29, 0.717) is 29.6 Å². The molecule has 0 spiro atoms. The van der Waals surface area contributed by atoms with Crippen LogP contribution in [0.1, 0.15) is 0 Å². The lowest BCUT2D eigenvalue weighted by atomic mass is 10.3. The third-order valence-electron chi connectivity index (χ3n) is 1.70. The summed E-state index contributed by atoms with van der Waals surface area (Å²) in [5, 5.41) is 0. The molecule has 1 aromatic carbocycles. The first-order chi connectivity index (χ1) is 6.27. The average molecular weight is 219 g/mol. The van der Waals surface area contributed by atoms with Crippen molar-refractivity contribution in [2.24, 2.45) is 0 Å². The standard InChI is InChI=1S/C8H7ClO3S/c9-13(10)6-1-2-7-8(5-6)12-4-3-11-7/h1-2,5H,3-4H2. The third-order valence-corrected chi connectivity index (χ3v) is 2.86. The first kappa shape index (κ1) is 8.84. The Morgan fingerprint density at radius 2 is 1.92 bits per heavy atom. The number of halogens is 1. The fourth-order valence-electron chi connectivity index (χ4n) is 1.12. The zero-order chi connectivity index (χ0) is 9.26. The van der Waals surface area contributed by atoms with Crippen LogP contribution in [0.15, 0.2) is 23.1 Å². The molecule has 1 heterocycles. The molecule has 0 saturated carbocycles. The molecule has 1 atom stereocenters. The van der Waals surface area contributed by atoms with Crippen LogP contribution in [0.3, 0.4) is 0 Å². The van der Waals surface area contributed by atoms with Gasteiger partial charge in [0.25, 0.3) is 0 Å². The number of rotatable bonds is 1. The normalized spacial score (nSPS) is 16.7. The highest BCUT2D eigenvalue weighted by molar-refractivity contribution is 8.08. The van der Waals surface area contributed by atoms with E-state index in [1.807, 2.05) is 0 Å². The van der Waals surface area contributed by atoms with Crippen molar-refractivity contribution in [3.8, 4) is 11.5 Å². The van der Waals surface area contributed by atoms with Crippen LogP contribution < -0.4 is 9.47 Å². The molecule has 1 aliphatic heterocycles. The lowest BCUT2D eigenvalue weighted by molar-refractivity contribution is 0.171. The second-order valence-corrected chi connectivity index (χ2v) is 4.29. The summed E-state index contributed by atoms with van der Waals surface area (Å²) in [7, 11) is 3.93. The molecule has 2 rings (SSSR count). The summed E-state index contributed by atoms with van der Waals surface area (Å²) in [6, 6.07) is 5.01. The highest BCUT2D eigenvalue weighted by atomic mass is 35.7. The first-order valence-electron chi connectivity index (χ1n) is 3.75. The van der Waals surface area contributed by atoms with Crippen molar-refractivity contribution in [3.63, 3.8) is 0 Å². The topological polar surface area (TPSA) is 35.5 Å². The lowest BCUT2D eigenvalue weighted by Gasteiger charge is -2.18. The molecule has 1 unspecified atom stereocenters. The molecule has 0 fully saturated rings. The van der Waals surface area contributed by atoms with Gasteiger partial charge >= 0.3 is 0 Å². The van der Waals surface area contributed by atoms with Gasteiger partial charge in [0.15, 0.2) is 11.5 Å². The second-order valence-electron chi connectivity index (χ2n) is 2.53. The van der Waals surface area contributed by atoms with Crippen molar-refractivity contribution in [2.45, 2.75) is 4.90 Å². The smallest absolute Gasteiger partial charge is 0.162 e. The number of hydrogen-bond acceptors (Lipinski definition) is 3. The number of fused-ring (bicyclic) bond motifs is 1. The average Bonchev–Trinajstić information content (AvgIpc) is 2.17. The van der Waals surface area contributed by atoms with E-state index in [0.717, 1.165) is 0 Å². The van der Waals surface area contributed by atoms with E-state index in [2.05, 4.69) is 0 Å². The van der Waals surface area contributed by atoms with E-state index < -0.39 is 10.0 Å². The van der Waals surface area contributed by atoms with Gasteiger partial charge in [-0.1, -0.05) is 0 Å². The van der Waals surface area contributed by atoms with Crippen molar-refractivity contribution < 1.29 is 13.7 Å². The van der Waals surface area contributed by atoms with Crippen LogP contribution in [0.4, 0.5) is 0 Å². The number of benzene rings is 1. The van der Waals surface area contributed by atoms with Crippen LogP contribution in [0.2, 0.25) is 0 Å². The molecule has 0 aromatic heterocycles. The summed E-state index contributed by atoms with van der Waals surface area (Å²) in [6.07, 6.45) is 0. The van der Waals surface area contributed by atoms with Crippen molar-refractivity contribution in [1.29, 1.82) is 0 Å². The van der Waals surface area contributed by atoms with Crippen molar-refractivity contribution in [3.05, 3.63) is 18.2 Å². The molecular weight excluding hydrogens is 212 g/mol. The SMILES string of the molecule is O=S(Cl)c1ccc2c(c1)OCCO2. The molecule has 0 amide bonds. The zero-order valence-electron chi connectivity index (χ0n) is 6.66. The fraction of sp³-hybridized carbons (Fsp3) is 0.250. The van der Waals surface area contributed by atoms with Crippen LogP contribution >= 0.6 is 10.7 Å². The molecule has 5 heteroatoms. The van der Waals surface area contributed by atoms with Gasteiger partial charge in [-0.15, -0.1) is 0 Å². The van der Waals surface area contributed by atoms with E-state index >= 15 is 0 Å². The minimum atomic E-state index is -1.49. The van der Waals surface area contributed by atoms with Gasteiger partial charge in [-0.3, -0.25) is 0 Å². The van der Waals surface area contributed by atoms with Crippen LogP contribution in [0, 0.1) is 0 Å². The summed E-state index contributed by atoms with van der Waals surface area (Å²) in [6.45, 7) is 1.07. The highest BCUT2D eigenvalue weighted by Gasteiger charge is 2.12. The van der Waals surface area contributed by atoms with E-state index in [-0.39, 0.29) is 0 Å². The largest absolute Gasteiger partial charge is 0.486 e. The molecule has 13 heavy (non-hydrogen) atoms. The predicted molar refractivity (Wildman–Crippen MR) is 49.7 cm³/mol. The van der Waals surface area contributed by atoms with Gasteiger partial charge < -0.3 is 9.47 Å². The van der Waals surface area contributed by atoms with Gasteiger partial charge in [-0.2, -0.15) is 0 Å². The minimum Gasteiger partial charge on any atom is -0.486 e. The van der Waals surface area contributed by atoms with Crippen molar-refractivity contribution in [2.75, 3.05) is 13.2 Å². The van der Waals surface area contributed by atoms with Crippen molar-refractivity contribution in [1.82, 2.24) is 0 Å². The second kappa shape index (κ2) is 3.55. The summed E-state index contributed by atoms with van der Waals surface area (Å²) >= 11 is 0. The van der Waals surface area contributed by atoms with E-state index in [9.17, 15) is 4.21 Å². The Kier molecular flexibility index (Phi) is 2.42. The molecule has 0 N–H and O–H groups in total. The minimum absolute atomic E-state index is 0.519. The maximum Gasteiger partial charge on any atom is 0.162 e. The van der Waals surface area contributed by atoms with Gasteiger partial charge in [0.05, 0.1) is 4.90 Å². The monoisotopic (exact) mass is 218 g/mol. The molecule has 1 aromatic rings. The lowest BCUT2D eigenvalue weighted by Crippen LogP contribution is -2.15. The summed E-state index contributed by atoms with van der Waals surface area (Å²) < 4.78 is 21.5. The molecule has 0 saturated heterocycles. The van der Waals surface area contributed by atoms with Crippen LogP contribution in [-0.4, -0.2) is 17.4 Å². The van der Waals surface area contributed by atoms with Gasteiger partial charge in [-0.05, 0) is 22.8 Å². The molecule has 0 radical (unpaired) electrons. The number of hydrogen-bond donors (Lipinski definition) is 0. The molecule has 1 aliphatic rings. The highest BCUT2D eigenvalue weighted by Crippen LogP contribution is 2.32. The predicted octanol–water partition coefficient (Wildman–Crippen LogP) is 1.72. The Morgan fingerprint density at radius 3 is 2.62 bits per heavy atom. The quantitative estimate of drug-likeness (QED) is 0.674. The van der Waals surface area contributed by atoms with Gasteiger partial charge in [-0.25, -0.2) is 4.21 Å². The Morgan fingerprint density at radius 1 is 1.23 bits per heavy atom. The Bertz CT molecular complexity index is 353.